The van der Waals surface area contributed by atoms with E-state index in [9.17, 15) is 13.6 Å². The van der Waals surface area contributed by atoms with Crippen LogP contribution in [0.2, 0.25) is 5.02 Å². The molecule has 0 aliphatic carbocycles. The molecule has 1 N–H and O–H groups in total. The number of halogens is 3. The van der Waals surface area contributed by atoms with Crippen LogP contribution in [0.1, 0.15) is 17.2 Å². The Morgan fingerprint density at radius 2 is 1.94 bits per heavy atom. The van der Waals surface area contributed by atoms with Crippen molar-refractivity contribution in [3.63, 3.8) is 0 Å². The molecule has 0 aromatic heterocycles. The van der Waals surface area contributed by atoms with Crippen LogP contribution in [0.5, 0.6) is 11.5 Å². The number of benzene rings is 2. The van der Waals surface area contributed by atoms with Crippen LogP contribution in [0.25, 0.3) is 6.08 Å². The molecule has 0 spiro atoms. The second-order valence-electron chi connectivity index (χ2n) is 7.05. The summed E-state index contributed by atoms with van der Waals surface area (Å²) in [6.45, 7) is 0.0971. The largest absolute Gasteiger partial charge is 0.493 e. The van der Waals surface area contributed by atoms with Gasteiger partial charge in [-0.3, -0.25) is 9.69 Å². The number of rotatable bonds is 9. The lowest BCUT2D eigenvalue weighted by Crippen LogP contribution is -2.43. The summed E-state index contributed by atoms with van der Waals surface area (Å²) in [4.78, 5) is 14.7. The Labute approximate surface area is 190 Å². The number of carbonyl (C=O) groups is 1. The van der Waals surface area contributed by atoms with Crippen LogP contribution < -0.4 is 14.8 Å². The fourth-order valence-electron chi connectivity index (χ4n) is 3.49. The van der Waals surface area contributed by atoms with Crippen LogP contribution in [0.3, 0.4) is 0 Å². The van der Waals surface area contributed by atoms with Gasteiger partial charge < -0.3 is 19.5 Å². The molecule has 1 amide bonds. The van der Waals surface area contributed by atoms with Gasteiger partial charge in [0.1, 0.15) is 0 Å². The van der Waals surface area contributed by atoms with Crippen LogP contribution in [0.4, 0.5) is 8.78 Å². The minimum atomic E-state index is -3.01. The van der Waals surface area contributed by atoms with Gasteiger partial charge in [-0.15, -0.1) is 0 Å². The SMILES string of the molecule is COc1cccc(/C=C/C(=O)NCC(c2ccc(Cl)cc2)N2CCOCC2)c1OC(F)F. The molecule has 1 aliphatic heterocycles. The second kappa shape index (κ2) is 11.8. The molecule has 9 heteroatoms. The molecule has 1 atom stereocenters. The van der Waals surface area contributed by atoms with Crippen molar-refractivity contribution in [1.82, 2.24) is 10.2 Å². The number of nitrogens with one attached hydrogen (secondary N) is 1. The molecule has 172 valence electrons. The maximum absolute atomic E-state index is 12.8. The average molecular weight is 467 g/mol. The summed E-state index contributed by atoms with van der Waals surface area (Å²) in [5.41, 5.74) is 1.34. The van der Waals surface area contributed by atoms with Crippen LogP contribution in [-0.4, -0.2) is 57.4 Å². The van der Waals surface area contributed by atoms with Crippen LogP contribution in [0, 0.1) is 0 Å². The summed E-state index contributed by atoms with van der Waals surface area (Å²) < 4.78 is 40.7. The van der Waals surface area contributed by atoms with Crippen molar-refractivity contribution >= 4 is 23.6 Å². The summed E-state index contributed by atoms with van der Waals surface area (Å²) in [5.74, 6) is -0.326. The normalized spacial score (nSPS) is 15.7. The fourth-order valence-corrected chi connectivity index (χ4v) is 3.62. The van der Waals surface area contributed by atoms with E-state index >= 15 is 0 Å². The van der Waals surface area contributed by atoms with Crippen molar-refractivity contribution in [3.8, 4) is 11.5 Å². The van der Waals surface area contributed by atoms with Crippen LogP contribution in [0.15, 0.2) is 48.5 Å². The van der Waals surface area contributed by atoms with E-state index in [-0.39, 0.29) is 23.4 Å². The quantitative estimate of drug-likeness (QED) is 0.562. The van der Waals surface area contributed by atoms with E-state index in [4.69, 9.17) is 21.1 Å². The number of alkyl halides is 2. The zero-order valence-corrected chi connectivity index (χ0v) is 18.4. The predicted molar refractivity (Wildman–Crippen MR) is 118 cm³/mol. The molecule has 2 aromatic carbocycles. The van der Waals surface area contributed by atoms with Gasteiger partial charge in [-0.25, -0.2) is 0 Å². The van der Waals surface area contributed by atoms with Gasteiger partial charge in [0, 0.05) is 36.3 Å². The lowest BCUT2D eigenvalue weighted by Gasteiger charge is -2.34. The monoisotopic (exact) mass is 466 g/mol. The highest BCUT2D eigenvalue weighted by atomic mass is 35.5. The minimum absolute atomic E-state index is 0.0527. The molecule has 0 saturated carbocycles. The van der Waals surface area contributed by atoms with Gasteiger partial charge in [0.25, 0.3) is 0 Å². The van der Waals surface area contributed by atoms with Gasteiger partial charge in [-0.05, 0) is 29.8 Å². The molecular formula is C23H25ClF2N2O4. The number of amides is 1. The number of hydrogen-bond acceptors (Lipinski definition) is 5. The molecule has 1 heterocycles. The number of carbonyl (C=O) groups excluding carboxylic acids is 1. The first-order chi connectivity index (χ1) is 15.5. The third-order valence-corrected chi connectivity index (χ3v) is 5.31. The topological polar surface area (TPSA) is 60.0 Å². The first kappa shape index (κ1) is 24.0. The smallest absolute Gasteiger partial charge is 0.387 e. The van der Waals surface area contributed by atoms with Gasteiger partial charge in [0.05, 0.1) is 26.4 Å². The number of nitrogens with zero attached hydrogens (tertiary/aromatic N) is 1. The van der Waals surface area contributed by atoms with E-state index in [1.807, 2.05) is 24.3 Å². The van der Waals surface area contributed by atoms with E-state index < -0.39 is 6.61 Å². The van der Waals surface area contributed by atoms with Crippen molar-refractivity contribution in [2.75, 3.05) is 40.0 Å². The number of para-hydroxylation sites is 1. The Morgan fingerprint density at radius 1 is 1.22 bits per heavy atom. The molecule has 1 saturated heterocycles. The standard InChI is InChI=1S/C23H25ClF2N2O4/c1-30-20-4-2-3-17(22(20)32-23(25)26)7-10-21(29)27-15-19(28-11-13-31-14-12-28)16-5-8-18(24)9-6-16/h2-10,19,23H,11-15H2,1H3,(H,27,29)/b10-7+. The highest BCUT2D eigenvalue weighted by molar-refractivity contribution is 6.30. The Kier molecular flexibility index (Phi) is 8.84. The Balaban J connectivity index is 1.70. The number of ether oxygens (including phenoxy) is 3. The van der Waals surface area contributed by atoms with Gasteiger partial charge in [-0.1, -0.05) is 35.9 Å². The van der Waals surface area contributed by atoms with Crippen LogP contribution >= 0.6 is 11.6 Å². The van der Waals surface area contributed by atoms with E-state index in [2.05, 4.69) is 15.0 Å². The molecule has 1 unspecified atom stereocenters. The minimum Gasteiger partial charge on any atom is -0.493 e. The Hall–Kier alpha value is -2.68. The second-order valence-corrected chi connectivity index (χ2v) is 7.49. The molecule has 3 rings (SSSR count). The van der Waals surface area contributed by atoms with E-state index in [1.54, 1.807) is 12.1 Å². The molecule has 2 aromatic rings. The number of methoxy groups -OCH3 is 1. The zero-order chi connectivity index (χ0) is 22.9. The summed E-state index contributed by atoms with van der Waals surface area (Å²) in [7, 11) is 1.36. The van der Waals surface area contributed by atoms with Gasteiger partial charge >= 0.3 is 6.61 Å². The lowest BCUT2D eigenvalue weighted by atomic mass is 10.0. The summed E-state index contributed by atoms with van der Waals surface area (Å²) in [5, 5.41) is 3.53. The molecule has 1 aliphatic rings. The number of hydrogen-bond donors (Lipinski definition) is 1. The first-order valence-corrected chi connectivity index (χ1v) is 10.5. The summed E-state index contributed by atoms with van der Waals surface area (Å²) in [6.07, 6.45) is 2.70. The zero-order valence-electron chi connectivity index (χ0n) is 17.6. The van der Waals surface area contributed by atoms with E-state index in [0.717, 1.165) is 18.7 Å². The predicted octanol–water partition coefficient (Wildman–Crippen LogP) is 4.15. The molecular weight excluding hydrogens is 442 g/mol. The number of morpholine rings is 1. The van der Waals surface area contributed by atoms with Crippen molar-refractivity contribution in [2.45, 2.75) is 12.7 Å². The fraction of sp³-hybridized carbons (Fsp3) is 0.348. The van der Waals surface area contributed by atoms with Gasteiger partial charge in [0.2, 0.25) is 5.91 Å². The first-order valence-electron chi connectivity index (χ1n) is 10.1. The average Bonchev–Trinajstić information content (AvgIpc) is 2.80. The Morgan fingerprint density at radius 3 is 2.59 bits per heavy atom. The molecule has 0 bridgehead atoms. The van der Waals surface area contributed by atoms with E-state index in [0.29, 0.717) is 30.3 Å². The van der Waals surface area contributed by atoms with Crippen LogP contribution in [-0.2, 0) is 9.53 Å². The van der Waals surface area contributed by atoms with Crippen molar-refractivity contribution in [3.05, 3.63) is 64.7 Å². The lowest BCUT2D eigenvalue weighted by molar-refractivity contribution is -0.116. The maximum Gasteiger partial charge on any atom is 0.387 e. The highest BCUT2D eigenvalue weighted by Gasteiger charge is 2.23. The molecule has 1 fully saturated rings. The summed E-state index contributed by atoms with van der Waals surface area (Å²) in [6, 6.07) is 12.2. The third-order valence-electron chi connectivity index (χ3n) is 5.06. The Bertz CT molecular complexity index is 919. The van der Waals surface area contributed by atoms with Crippen molar-refractivity contribution in [2.24, 2.45) is 0 Å². The third kappa shape index (κ3) is 6.66. The van der Waals surface area contributed by atoms with Gasteiger partial charge in [0.15, 0.2) is 11.5 Å². The molecule has 32 heavy (non-hydrogen) atoms. The molecule has 0 radical (unpaired) electrons. The molecule has 6 nitrogen and oxygen atoms in total. The van der Waals surface area contributed by atoms with E-state index in [1.165, 1.54) is 25.3 Å². The van der Waals surface area contributed by atoms with Crippen molar-refractivity contribution < 1.29 is 27.8 Å². The summed E-state index contributed by atoms with van der Waals surface area (Å²) >= 11 is 6.02. The maximum atomic E-state index is 12.8. The highest BCUT2D eigenvalue weighted by Crippen LogP contribution is 2.33. The van der Waals surface area contributed by atoms with Gasteiger partial charge in [-0.2, -0.15) is 8.78 Å². The van der Waals surface area contributed by atoms with Crippen molar-refractivity contribution in [1.29, 1.82) is 0 Å².